The van der Waals surface area contributed by atoms with Gasteiger partial charge in [-0.3, -0.25) is 24.6 Å². The minimum absolute atomic E-state index is 0.0900. The lowest BCUT2D eigenvalue weighted by Gasteiger charge is -2.09. The first-order valence-electron chi connectivity index (χ1n) is 4.86. The van der Waals surface area contributed by atoms with Crippen LogP contribution in [-0.2, 0) is 0 Å². The van der Waals surface area contributed by atoms with Gasteiger partial charge < -0.3 is 0 Å². The summed E-state index contributed by atoms with van der Waals surface area (Å²) in [6.45, 7) is -0.0900. The highest BCUT2D eigenvalue weighted by molar-refractivity contribution is 6.21. The second-order valence-corrected chi connectivity index (χ2v) is 3.44. The van der Waals surface area contributed by atoms with Crippen molar-refractivity contribution in [3.05, 3.63) is 57.8 Å². The van der Waals surface area contributed by atoms with Crippen LogP contribution in [0.2, 0.25) is 0 Å². The Kier molecular flexibility index (Phi) is 2.70. The highest BCUT2D eigenvalue weighted by atomic mass is 16.6. The first-order valence-corrected chi connectivity index (χ1v) is 4.86. The Morgan fingerprint density at radius 2 is 1.71 bits per heavy atom. The molecular weight excluding hydrogens is 224 g/mol. The van der Waals surface area contributed by atoms with Gasteiger partial charge in [-0.15, -0.1) is 0 Å². The van der Waals surface area contributed by atoms with Crippen LogP contribution in [0.25, 0.3) is 0 Å². The van der Waals surface area contributed by atoms with Crippen molar-refractivity contribution < 1.29 is 14.5 Å². The summed E-state index contributed by atoms with van der Waals surface area (Å²) in [5.41, 5.74) is 0.680. The zero-order chi connectivity index (χ0) is 12.4. The minimum atomic E-state index is -0.641. The summed E-state index contributed by atoms with van der Waals surface area (Å²) in [7, 11) is 0. The Balaban J connectivity index is 2.22. The zero-order valence-electron chi connectivity index (χ0n) is 8.70. The Morgan fingerprint density at radius 3 is 2.18 bits per heavy atom. The number of hydrogen-bond acceptors (Lipinski definition) is 4. The van der Waals surface area contributed by atoms with Crippen LogP contribution in [0.5, 0.6) is 0 Å². The summed E-state index contributed by atoms with van der Waals surface area (Å²) < 4.78 is 0. The molecule has 6 nitrogen and oxygen atoms in total. The molecule has 1 heterocycles. The number of carbonyl (C=O) groups excluding carboxylic acids is 2. The van der Waals surface area contributed by atoms with Crippen molar-refractivity contribution in [1.82, 2.24) is 4.90 Å². The van der Waals surface area contributed by atoms with Crippen LogP contribution in [0.4, 0.5) is 0 Å². The predicted molar refractivity (Wildman–Crippen MR) is 57.9 cm³/mol. The number of benzene rings is 1. The maximum absolute atomic E-state index is 11.8. The van der Waals surface area contributed by atoms with Gasteiger partial charge in [-0.1, -0.05) is 12.1 Å². The van der Waals surface area contributed by atoms with Gasteiger partial charge in [0.1, 0.15) is 0 Å². The van der Waals surface area contributed by atoms with Crippen LogP contribution < -0.4 is 0 Å². The summed E-state index contributed by atoms with van der Waals surface area (Å²) in [5, 5.41) is 10.1. The molecule has 2 rings (SSSR count). The average Bonchev–Trinajstić information content (AvgIpc) is 2.54. The van der Waals surface area contributed by atoms with Gasteiger partial charge >= 0.3 is 0 Å². The molecule has 0 saturated carbocycles. The van der Waals surface area contributed by atoms with Crippen molar-refractivity contribution in [3.8, 4) is 0 Å². The fourth-order valence-corrected chi connectivity index (χ4v) is 1.64. The summed E-state index contributed by atoms with van der Waals surface area (Å²) in [6, 6.07) is 6.46. The maximum atomic E-state index is 11.8. The van der Waals surface area contributed by atoms with E-state index < -0.39 is 16.7 Å². The Hall–Kier alpha value is -2.50. The second kappa shape index (κ2) is 4.17. The SMILES string of the molecule is O=C1c2ccccc2C(=O)N1C/C=C/[N+](=O)[O-]. The molecule has 0 bridgehead atoms. The van der Waals surface area contributed by atoms with Crippen LogP contribution in [0.3, 0.4) is 0 Å². The lowest BCUT2D eigenvalue weighted by molar-refractivity contribution is -0.402. The van der Waals surface area contributed by atoms with Crippen molar-refractivity contribution >= 4 is 11.8 Å². The van der Waals surface area contributed by atoms with Crippen LogP contribution in [0.1, 0.15) is 20.7 Å². The number of fused-ring (bicyclic) bond motifs is 1. The van der Waals surface area contributed by atoms with Crippen molar-refractivity contribution in [3.63, 3.8) is 0 Å². The number of nitro groups is 1. The number of carbonyl (C=O) groups is 2. The van der Waals surface area contributed by atoms with Crippen LogP contribution in [0.15, 0.2) is 36.5 Å². The van der Waals surface area contributed by atoms with E-state index in [1.165, 1.54) is 6.08 Å². The third-order valence-corrected chi connectivity index (χ3v) is 2.39. The number of imide groups is 1. The molecule has 1 aliphatic rings. The second-order valence-electron chi connectivity index (χ2n) is 3.44. The lowest BCUT2D eigenvalue weighted by atomic mass is 10.1. The third kappa shape index (κ3) is 1.92. The lowest BCUT2D eigenvalue weighted by Crippen LogP contribution is -2.29. The van der Waals surface area contributed by atoms with Gasteiger partial charge in [-0.05, 0) is 12.1 Å². The molecule has 0 fully saturated rings. The number of amides is 2. The molecule has 2 amide bonds. The van der Waals surface area contributed by atoms with E-state index in [-0.39, 0.29) is 6.54 Å². The minimum Gasteiger partial charge on any atom is -0.270 e. The molecule has 1 aromatic rings. The first kappa shape index (κ1) is 11.0. The molecule has 0 spiro atoms. The summed E-state index contributed by atoms with van der Waals surface area (Å²) in [6.07, 6.45) is 1.88. The van der Waals surface area contributed by atoms with Crippen molar-refractivity contribution in [1.29, 1.82) is 0 Å². The van der Waals surface area contributed by atoms with E-state index in [9.17, 15) is 19.7 Å². The van der Waals surface area contributed by atoms with E-state index in [1.54, 1.807) is 24.3 Å². The van der Waals surface area contributed by atoms with Gasteiger partial charge in [0, 0.05) is 6.08 Å². The summed E-state index contributed by atoms with van der Waals surface area (Å²) >= 11 is 0. The molecule has 0 atom stereocenters. The fraction of sp³-hybridized carbons (Fsp3) is 0.0909. The van der Waals surface area contributed by atoms with Gasteiger partial charge in [0.15, 0.2) is 0 Å². The van der Waals surface area contributed by atoms with E-state index in [1.807, 2.05) is 0 Å². The van der Waals surface area contributed by atoms with E-state index in [2.05, 4.69) is 0 Å². The average molecular weight is 232 g/mol. The monoisotopic (exact) mass is 232 g/mol. The zero-order valence-corrected chi connectivity index (χ0v) is 8.70. The topological polar surface area (TPSA) is 80.5 Å². The quantitative estimate of drug-likeness (QED) is 0.443. The molecule has 0 aromatic heterocycles. The predicted octanol–water partition coefficient (Wildman–Crippen LogP) is 1.07. The molecule has 0 N–H and O–H groups in total. The standard InChI is InChI=1S/C11H8N2O4/c14-10-8-4-1-2-5-9(8)11(15)12(10)6-3-7-13(16)17/h1-5,7H,6H2/b7-3+. The van der Waals surface area contributed by atoms with Crippen molar-refractivity contribution in [2.75, 3.05) is 6.54 Å². The number of hydrogen-bond donors (Lipinski definition) is 0. The summed E-state index contributed by atoms with van der Waals surface area (Å²) in [4.78, 5) is 34.0. The molecule has 0 radical (unpaired) electrons. The highest BCUT2D eigenvalue weighted by Crippen LogP contribution is 2.21. The Bertz CT molecular complexity index is 501. The van der Waals surface area contributed by atoms with Gasteiger partial charge in [0.25, 0.3) is 11.8 Å². The number of nitrogens with zero attached hydrogens (tertiary/aromatic N) is 2. The van der Waals surface area contributed by atoms with E-state index in [4.69, 9.17) is 0 Å². The Morgan fingerprint density at radius 1 is 1.18 bits per heavy atom. The van der Waals surface area contributed by atoms with E-state index in [0.29, 0.717) is 17.3 Å². The number of rotatable bonds is 3. The van der Waals surface area contributed by atoms with Gasteiger partial charge in [0.2, 0.25) is 6.20 Å². The molecular formula is C11H8N2O4. The molecule has 0 aliphatic carbocycles. The van der Waals surface area contributed by atoms with Gasteiger partial charge in [-0.25, -0.2) is 0 Å². The van der Waals surface area contributed by atoms with Crippen molar-refractivity contribution in [2.45, 2.75) is 0 Å². The molecule has 1 aliphatic heterocycles. The molecule has 1 aromatic carbocycles. The largest absolute Gasteiger partial charge is 0.270 e. The van der Waals surface area contributed by atoms with Crippen LogP contribution in [0, 0.1) is 10.1 Å². The van der Waals surface area contributed by atoms with Crippen LogP contribution >= 0.6 is 0 Å². The first-order chi connectivity index (χ1) is 8.11. The van der Waals surface area contributed by atoms with Gasteiger partial charge in [-0.2, -0.15) is 0 Å². The van der Waals surface area contributed by atoms with E-state index >= 15 is 0 Å². The molecule has 86 valence electrons. The smallest absolute Gasteiger partial charge is 0.261 e. The van der Waals surface area contributed by atoms with Crippen molar-refractivity contribution in [2.24, 2.45) is 0 Å². The van der Waals surface area contributed by atoms with Gasteiger partial charge in [0.05, 0.1) is 22.6 Å². The molecule has 17 heavy (non-hydrogen) atoms. The fourth-order valence-electron chi connectivity index (χ4n) is 1.64. The van der Waals surface area contributed by atoms with E-state index in [0.717, 1.165) is 4.90 Å². The van der Waals surface area contributed by atoms with Crippen LogP contribution in [-0.4, -0.2) is 28.2 Å². The normalized spacial score (nSPS) is 14.5. The highest BCUT2D eigenvalue weighted by Gasteiger charge is 2.34. The third-order valence-electron chi connectivity index (χ3n) is 2.39. The molecule has 0 saturated heterocycles. The maximum Gasteiger partial charge on any atom is 0.261 e. The molecule has 0 unspecified atom stereocenters. The molecule has 6 heteroatoms. The summed E-state index contributed by atoms with van der Waals surface area (Å²) in [5.74, 6) is -0.836. The Labute approximate surface area is 96.3 Å².